The van der Waals surface area contributed by atoms with Gasteiger partial charge >= 0.3 is 0 Å². The average Bonchev–Trinajstić information content (AvgIpc) is 3.32. The van der Waals surface area contributed by atoms with E-state index >= 15 is 0 Å². The zero-order chi connectivity index (χ0) is 21.8. The smallest absolute Gasteiger partial charge is 0.254 e. The van der Waals surface area contributed by atoms with Crippen LogP contribution >= 0.6 is 0 Å². The van der Waals surface area contributed by atoms with Crippen molar-refractivity contribution in [3.05, 3.63) is 77.6 Å². The van der Waals surface area contributed by atoms with Gasteiger partial charge in [0.05, 0.1) is 28.0 Å². The first-order valence-corrected chi connectivity index (χ1v) is 11.7. The Morgan fingerprint density at radius 1 is 1.10 bits per heavy atom. The van der Waals surface area contributed by atoms with Gasteiger partial charge in [-0.05, 0) is 60.5 Å². The first-order valence-electron chi connectivity index (χ1n) is 9.76. The van der Waals surface area contributed by atoms with E-state index in [1.54, 1.807) is 24.3 Å². The molecule has 4 aromatic rings. The number of imidazole rings is 1. The Bertz CT molecular complexity index is 1450. The highest BCUT2D eigenvalue weighted by Gasteiger charge is 2.27. The molecule has 0 aliphatic carbocycles. The number of anilines is 2. The number of benzene rings is 2. The maximum absolute atomic E-state index is 12.6. The summed E-state index contributed by atoms with van der Waals surface area (Å²) < 4.78 is 25.4. The zero-order valence-electron chi connectivity index (χ0n) is 17.0. The number of pyridine rings is 1. The second kappa shape index (κ2) is 6.95. The Morgan fingerprint density at radius 3 is 2.61 bits per heavy atom. The van der Waals surface area contributed by atoms with Crippen LogP contribution in [0.1, 0.15) is 21.5 Å². The lowest BCUT2D eigenvalue weighted by molar-refractivity contribution is 0.0966. The maximum atomic E-state index is 12.6. The molecule has 0 bridgehead atoms. The standard InChI is InChI=1S/C23H20N4O3S/c1-14-9-10-27-20(13-24-21(27)11-14)17-7-8-19(22-18(17)12-25-23(22)28)26-15-3-5-16(6-4-15)31(2,29)30/h3-11,13,26H,12H2,1-2H3,(H,25,28). The minimum atomic E-state index is -3.26. The van der Waals surface area contributed by atoms with Gasteiger partial charge in [0.1, 0.15) is 5.65 Å². The van der Waals surface area contributed by atoms with Crippen molar-refractivity contribution >= 4 is 32.8 Å². The Morgan fingerprint density at radius 2 is 1.87 bits per heavy atom. The Balaban J connectivity index is 1.57. The first kappa shape index (κ1) is 19.3. The van der Waals surface area contributed by atoms with Crippen molar-refractivity contribution in [2.75, 3.05) is 11.6 Å². The van der Waals surface area contributed by atoms with Crippen molar-refractivity contribution in [1.82, 2.24) is 14.7 Å². The highest BCUT2D eigenvalue weighted by atomic mass is 32.2. The van der Waals surface area contributed by atoms with Crippen LogP contribution < -0.4 is 10.6 Å². The van der Waals surface area contributed by atoms with E-state index < -0.39 is 9.84 Å². The lowest BCUT2D eigenvalue weighted by Crippen LogP contribution is -2.13. The molecule has 0 radical (unpaired) electrons. The molecule has 2 aromatic carbocycles. The molecule has 0 saturated heterocycles. The van der Waals surface area contributed by atoms with Gasteiger partial charge < -0.3 is 10.6 Å². The minimum absolute atomic E-state index is 0.142. The molecule has 2 aromatic heterocycles. The van der Waals surface area contributed by atoms with Crippen molar-refractivity contribution in [3.63, 3.8) is 0 Å². The van der Waals surface area contributed by atoms with E-state index in [2.05, 4.69) is 15.6 Å². The highest BCUT2D eigenvalue weighted by molar-refractivity contribution is 7.90. The first-order chi connectivity index (χ1) is 14.8. The molecule has 2 N–H and O–H groups in total. The number of aromatic nitrogens is 2. The van der Waals surface area contributed by atoms with E-state index in [0.29, 0.717) is 23.5 Å². The Labute approximate surface area is 179 Å². The summed E-state index contributed by atoms with van der Waals surface area (Å²) in [4.78, 5) is 17.4. The van der Waals surface area contributed by atoms with Gasteiger partial charge in [-0.25, -0.2) is 13.4 Å². The summed E-state index contributed by atoms with van der Waals surface area (Å²) in [7, 11) is -3.26. The van der Waals surface area contributed by atoms with E-state index in [1.807, 2.05) is 48.0 Å². The molecular formula is C23H20N4O3S. The van der Waals surface area contributed by atoms with Gasteiger partial charge in [0, 0.05) is 30.2 Å². The number of nitrogens with zero attached hydrogens (tertiary/aromatic N) is 2. The van der Waals surface area contributed by atoms with Crippen LogP contribution in [0.15, 0.2) is 65.8 Å². The van der Waals surface area contributed by atoms with E-state index in [-0.39, 0.29) is 10.8 Å². The highest BCUT2D eigenvalue weighted by Crippen LogP contribution is 2.35. The van der Waals surface area contributed by atoms with Gasteiger partial charge in [-0.15, -0.1) is 0 Å². The lowest BCUT2D eigenvalue weighted by Gasteiger charge is -2.14. The van der Waals surface area contributed by atoms with Crippen LogP contribution in [0.5, 0.6) is 0 Å². The van der Waals surface area contributed by atoms with Crippen LogP contribution in [0.2, 0.25) is 0 Å². The number of nitrogens with one attached hydrogen (secondary N) is 2. The van der Waals surface area contributed by atoms with Gasteiger partial charge in [-0.3, -0.25) is 9.20 Å². The summed E-state index contributed by atoms with van der Waals surface area (Å²) in [6, 6.07) is 14.4. The molecule has 156 valence electrons. The van der Waals surface area contributed by atoms with E-state index in [4.69, 9.17) is 0 Å². The van der Waals surface area contributed by atoms with E-state index in [0.717, 1.165) is 28.0 Å². The minimum Gasteiger partial charge on any atom is -0.355 e. The number of aryl methyl sites for hydroxylation is 1. The molecule has 0 saturated carbocycles. The maximum Gasteiger partial charge on any atom is 0.254 e. The summed E-state index contributed by atoms with van der Waals surface area (Å²) in [5.74, 6) is -0.142. The number of fused-ring (bicyclic) bond motifs is 2. The number of carbonyl (C=O) groups excluding carboxylic acids is 1. The van der Waals surface area contributed by atoms with Crippen LogP contribution in [-0.4, -0.2) is 30.0 Å². The third-order valence-electron chi connectivity index (χ3n) is 5.47. The molecule has 31 heavy (non-hydrogen) atoms. The fourth-order valence-electron chi connectivity index (χ4n) is 3.91. The second-order valence-corrected chi connectivity index (χ2v) is 9.71. The molecule has 5 rings (SSSR count). The molecule has 1 aliphatic heterocycles. The zero-order valence-corrected chi connectivity index (χ0v) is 17.8. The van der Waals surface area contributed by atoms with Gasteiger partial charge in [-0.2, -0.15) is 0 Å². The fraction of sp³-hybridized carbons (Fsp3) is 0.130. The van der Waals surface area contributed by atoms with Crippen molar-refractivity contribution < 1.29 is 13.2 Å². The number of sulfone groups is 1. The molecular weight excluding hydrogens is 412 g/mol. The Hall–Kier alpha value is -3.65. The summed E-state index contributed by atoms with van der Waals surface area (Å²) in [5, 5.41) is 6.16. The van der Waals surface area contributed by atoms with E-state index in [1.165, 1.54) is 6.26 Å². The van der Waals surface area contributed by atoms with Gasteiger partial charge in [0.15, 0.2) is 9.84 Å². The SMILES string of the molecule is Cc1ccn2c(-c3ccc(Nc4ccc(S(C)(=O)=O)cc4)c4c3CNC4=O)cnc2c1. The van der Waals surface area contributed by atoms with Crippen molar-refractivity contribution in [2.24, 2.45) is 0 Å². The summed E-state index contributed by atoms with van der Waals surface area (Å²) in [6.07, 6.45) is 4.98. The van der Waals surface area contributed by atoms with Crippen LogP contribution in [0.25, 0.3) is 16.9 Å². The number of amides is 1. The largest absolute Gasteiger partial charge is 0.355 e. The quantitative estimate of drug-likeness (QED) is 0.513. The van der Waals surface area contributed by atoms with Crippen molar-refractivity contribution in [2.45, 2.75) is 18.4 Å². The molecule has 8 heteroatoms. The molecule has 0 fully saturated rings. The normalized spacial score (nSPS) is 13.3. The van der Waals surface area contributed by atoms with Crippen molar-refractivity contribution in [3.8, 4) is 11.3 Å². The molecule has 0 unspecified atom stereocenters. The molecule has 7 nitrogen and oxygen atoms in total. The van der Waals surface area contributed by atoms with Crippen LogP contribution in [0.3, 0.4) is 0 Å². The fourth-order valence-corrected chi connectivity index (χ4v) is 4.55. The summed E-state index contributed by atoms with van der Waals surface area (Å²) in [5.41, 5.74) is 6.73. The monoisotopic (exact) mass is 432 g/mol. The van der Waals surface area contributed by atoms with Crippen molar-refractivity contribution in [1.29, 1.82) is 0 Å². The molecule has 0 spiro atoms. The van der Waals surface area contributed by atoms with Gasteiger partial charge in [-0.1, -0.05) is 6.07 Å². The van der Waals surface area contributed by atoms with E-state index in [9.17, 15) is 13.2 Å². The number of rotatable bonds is 4. The molecule has 3 heterocycles. The number of hydrogen-bond donors (Lipinski definition) is 2. The number of carbonyl (C=O) groups is 1. The number of hydrogen-bond acceptors (Lipinski definition) is 5. The average molecular weight is 433 g/mol. The van der Waals surface area contributed by atoms with Gasteiger partial charge in [0.2, 0.25) is 0 Å². The summed E-state index contributed by atoms with van der Waals surface area (Å²) in [6.45, 7) is 2.46. The van der Waals surface area contributed by atoms with Crippen LogP contribution in [-0.2, 0) is 16.4 Å². The predicted molar refractivity (Wildman–Crippen MR) is 119 cm³/mol. The Kier molecular flexibility index (Phi) is 4.33. The predicted octanol–water partition coefficient (Wildman–Crippen LogP) is 3.70. The molecule has 1 aliphatic rings. The topological polar surface area (TPSA) is 92.6 Å². The second-order valence-electron chi connectivity index (χ2n) is 7.69. The van der Waals surface area contributed by atoms with Crippen LogP contribution in [0, 0.1) is 6.92 Å². The van der Waals surface area contributed by atoms with Gasteiger partial charge in [0.25, 0.3) is 5.91 Å². The molecule has 0 atom stereocenters. The third kappa shape index (κ3) is 3.34. The third-order valence-corrected chi connectivity index (χ3v) is 6.60. The van der Waals surface area contributed by atoms with Crippen LogP contribution in [0.4, 0.5) is 11.4 Å². The molecule has 1 amide bonds. The lowest BCUT2D eigenvalue weighted by atomic mass is 9.99. The summed E-state index contributed by atoms with van der Waals surface area (Å²) >= 11 is 0.